The Morgan fingerprint density at radius 3 is 2.88 bits per heavy atom. The second kappa shape index (κ2) is 5.19. The van der Waals surface area contributed by atoms with Crippen LogP contribution in [0.5, 0.6) is 0 Å². The van der Waals surface area contributed by atoms with Crippen LogP contribution in [0.1, 0.15) is 18.4 Å². The fourth-order valence-electron chi connectivity index (χ4n) is 2.18. The Bertz CT molecular complexity index is 433. The molecular weight excluding hydrogens is 280 g/mol. The van der Waals surface area contributed by atoms with Crippen molar-refractivity contribution in [3.8, 4) is 0 Å². The number of carbonyl (C=O) groups excluding carboxylic acids is 1. The lowest BCUT2D eigenvalue weighted by atomic mass is 10.2. The van der Waals surface area contributed by atoms with E-state index in [1.165, 1.54) is 5.56 Å². The van der Waals surface area contributed by atoms with Gasteiger partial charge in [-0.05, 0) is 67.0 Å². The summed E-state index contributed by atoms with van der Waals surface area (Å²) in [6, 6.07) is 5.96. The maximum Gasteiger partial charge on any atom is 0.241 e. The predicted octanol–water partition coefficient (Wildman–Crippen LogP) is 2.79. The average Bonchev–Trinajstić information content (AvgIpc) is 2.68. The molecule has 0 aromatic heterocycles. The molecule has 4 heteroatoms. The summed E-state index contributed by atoms with van der Waals surface area (Å²) < 4.78 is 0.937. The van der Waals surface area contributed by atoms with Crippen molar-refractivity contribution in [2.45, 2.75) is 25.8 Å². The van der Waals surface area contributed by atoms with Crippen LogP contribution in [0.3, 0.4) is 0 Å². The van der Waals surface area contributed by atoms with Gasteiger partial charge in [-0.3, -0.25) is 9.69 Å². The topological polar surface area (TPSA) is 32.3 Å². The van der Waals surface area contributed by atoms with Gasteiger partial charge in [-0.2, -0.15) is 0 Å². The summed E-state index contributed by atoms with van der Waals surface area (Å²) >= 11 is 3.47. The molecule has 3 nitrogen and oxygen atoms in total. The van der Waals surface area contributed by atoms with E-state index in [0.29, 0.717) is 0 Å². The summed E-state index contributed by atoms with van der Waals surface area (Å²) in [5.41, 5.74) is 2.02. The summed E-state index contributed by atoms with van der Waals surface area (Å²) in [5, 5.41) is 2.98. The van der Waals surface area contributed by atoms with E-state index in [0.717, 1.165) is 29.5 Å². The first-order valence-electron chi connectivity index (χ1n) is 5.85. The van der Waals surface area contributed by atoms with Gasteiger partial charge >= 0.3 is 0 Å². The molecule has 1 aliphatic rings. The van der Waals surface area contributed by atoms with Crippen molar-refractivity contribution < 1.29 is 4.79 Å². The molecule has 1 aliphatic heterocycles. The lowest BCUT2D eigenvalue weighted by Crippen LogP contribution is -2.37. The van der Waals surface area contributed by atoms with Crippen molar-refractivity contribution in [1.29, 1.82) is 0 Å². The van der Waals surface area contributed by atoms with E-state index in [2.05, 4.69) is 26.1 Å². The summed E-state index contributed by atoms with van der Waals surface area (Å²) in [7, 11) is 2.00. The van der Waals surface area contributed by atoms with Crippen molar-refractivity contribution >= 4 is 27.5 Å². The third kappa shape index (κ3) is 2.87. The molecule has 17 heavy (non-hydrogen) atoms. The number of carbonyl (C=O) groups is 1. The molecule has 1 fully saturated rings. The van der Waals surface area contributed by atoms with Gasteiger partial charge in [0.25, 0.3) is 0 Å². The Morgan fingerprint density at radius 1 is 1.53 bits per heavy atom. The van der Waals surface area contributed by atoms with E-state index in [-0.39, 0.29) is 11.9 Å². The Kier molecular flexibility index (Phi) is 3.84. The summed E-state index contributed by atoms with van der Waals surface area (Å²) in [5.74, 6) is 0.0922. The van der Waals surface area contributed by atoms with Crippen LogP contribution in [0, 0.1) is 6.92 Å². The van der Waals surface area contributed by atoms with Crippen LogP contribution >= 0.6 is 15.9 Å². The number of hydrogen-bond acceptors (Lipinski definition) is 2. The highest BCUT2D eigenvalue weighted by Crippen LogP contribution is 2.24. The Hall–Kier alpha value is -0.870. The molecule has 1 saturated heterocycles. The van der Waals surface area contributed by atoms with Crippen LogP contribution < -0.4 is 5.32 Å². The minimum Gasteiger partial charge on any atom is -0.324 e. The van der Waals surface area contributed by atoms with Crippen LogP contribution in [0.4, 0.5) is 5.69 Å². The second-order valence-electron chi connectivity index (χ2n) is 4.61. The van der Waals surface area contributed by atoms with E-state index in [4.69, 9.17) is 0 Å². The highest BCUT2D eigenvalue weighted by Gasteiger charge is 2.27. The first kappa shape index (κ1) is 12.6. The molecule has 1 N–H and O–H groups in total. The number of aryl methyl sites for hydroxylation is 1. The van der Waals surface area contributed by atoms with Gasteiger partial charge in [0.05, 0.1) is 11.7 Å². The molecule has 2 rings (SSSR count). The highest BCUT2D eigenvalue weighted by molar-refractivity contribution is 9.10. The zero-order valence-corrected chi connectivity index (χ0v) is 11.8. The predicted molar refractivity (Wildman–Crippen MR) is 73.2 cm³/mol. The smallest absolute Gasteiger partial charge is 0.241 e. The summed E-state index contributed by atoms with van der Waals surface area (Å²) in [6.45, 7) is 3.04. The molecule has 1 heterocycles. The lowest BCUT2D eigenvalue weighted by Gasteiger charge is -2.19. The Morgan fingerprint density at radius 2 is 2.29 bits per heavy atom. The number of halogens is 1. The maximum absolute atomic E-state index is 12.1. The molecule has 0 radical (unpaired) electrons. The molecule has 0 spiro atoms. The zero-order chi connectivity index (χ0) is 12.4. The van der Waals surface area contributed by atoms with Gasteiger partial charge in [-0.1, -0.05) is 6.07 Å². The van der Waals surface area contributed by atoms with Crippen molar-refractivity contribution in [1.82, 2.24) is 4.90 Å². The third-order valence-electron chi connectivity index (χ3n) is 3.21. The summed E-state index contributed by atoms with van der Waals surface area (Å²) in [6.07, 6.45) is 2.05. The number of nitrogens with one attached hydrogen (secondary N) is 1. The molecule has 0 saturated carbocycles. The fourth-order valence-corrected chi connectivity index (χ4v) is 2.77. The molecule has 1 aromatic carbocycles. The van der Waals surface area contributed by atoms with E-state index < -0.39 is 0 Å². The van der Waals surface area contributed by atoms with Crippen LogP contribution in [0.15, 0.2) is 22.7 Å². The first-order valence-corrected chi connectivity index (χ1v) is 6.64. The van der Waals surface area contributed by atoms with Gasteiger partial charge in [-0.15, -0.1) is 0 Å². The summed E-state index contributed by atoms with van der Waals surface area (Å²) in [4.78, 5) is 14.2. The molecular formula is C13H17BrN2O. The first-order chi connectivity index (χ1) is 8.08. The van der Waals surface area contributed by atoms with Gasteiger partial charge in [0.15, 0.2) is 0 Å². The molecule has 92 valence electrons. The van der Waals surface area contributed by atoms with Crippen LogP contribution in [0.2, 0.25) is 0 Å². The highest BCUT2D eigenvalue weighted by atomic mass is 79.9. The van der Waals surface area contributed by atoms with Gasteiger partial charge in [-0.25, -0.2) is 0 Å². The van der Waals surface area contributed by atoms with Crippen molar-refractivity contribution in [2.75, 3.05) is 18.9 Å². The third-order valence-corrected chi connectivity index (χ3v) is 3.86. The Balaban J connectivity index is 2.07. The quantitative estimate of drug-likeness (QED) is 0.910. The van der Waals surface area contributed by atoms with Crippen LogP contribution in [0.25, 0.3) is 0 Å². The number of amides is 1. The van der Waals surface area contributed by atoms with E-state index in [9.17, 15) is 4.79 Å². The number of hydrogen-bond donors (Lipinski definition) is 1. The minimum atomic E-state index is 0.0169. The molecule has 1 amide bonds. The van der Waals surface area contributed by atoms with E-state index >= 15 is 0 Å². The maximum atomic E-state index is 12.1. The monoisotopic (exact) mass is 296 g/mol. The largest absolute Gasteiger partial charge is 0.324 e. The number of nitrogens with zero attached hydrogens (tertiary/aromatic N) is 1. The number of anilines is 1. The molecule has 0 bridgehead atoms. The minimum absolute atomic E-state index is 0.0169. The molecule has 0 aliphatic carbocycles. The SMILES string of the molecule is Cc1ccc(NC(=O)C2CCCN2C)c(Br)c1. The standard InChI is InChI=1S/C13H17BrN2O/c1-9-5-6-11(10(14)8-9)15-13(17)12-4-3-7-16(12)2/h5-6,8,12H,3-4,7H2,1-2H3,(H,15,17). The normalized spacial score (nSPS) is 20.5. The Labute approximate surface area is 110 Å². The second-order valence-corrected chi connectivity index (χ2v) is 5.47. The van der Waals surface area contributed by atoms with Crippen molar-refractivity contribution in [2.24, 2.45) is 0 Å². The lowest BCUT2D eigenvalue weighted by molar-refractivity contribution is -0.119. The van der Waals surface area contributed by atoms with Crippen molar-refractivity contribution in [3.63, 3.8) is 0 Å². The zero-order valence-electron chi connectivity index (χ0n) is 10.2. The van der Waals surface area contributed by atoms with Gasteiger partial charge in [0, 0.05) is 4.47 Å². The van der Waals surface area contributed by atoms with Gasteiger partial charge in [0.2, 0.25) is 5.91 Å². The van der Waals surface area contributed by atoms with Gasteiger partial charge < -0.3 is 5.32 Å². The molecule has 1 unspecified atom stereocenters. The number of rotatable bonds is 2. The van der Waals surface area contributed by atoms with Gasteiger partial charge in [0.1, 0.15) is 0 Å². The molecule has 1 aromatic rings. The van der Waals surface area contributed by atoms with E-state index in [1.54, 1.807) is 0 Å². The van der Waals surface area contributed by atoms with Crippen LogP contribution in [-0.2, 0) is 4.79 Å². The number of likely N-dealkylation sites (tertiary alicyclic amines) is 1. The number of likely N-dealkylation sites (N-methyl/N-ethyl adjacent to an activating group) is 1. The van der Waals surface area contributed by atoms with Crippen LogP contribution in [-0.4, -0.2) is 30.4 Å². The van der Waals surface area contributed by atoms with E-state index in [1.807, 2.05) is 32.2 Å². The molecule has 1 atom stereocenters. The number of benzene rings is 1. The fraction of sp³-hybridized carbons (Fsp3) is 0.462. The van der Waals surface area contributed by atoms with Crippen molar-refractivity contribution in [3.05, 3.63) is 28.2 Å². The average molecular weight is 297 g/mol.